The molecule has 0 radical (unpaired) electrons. The number of hydrogen-bond acceptors (Lipinski definition) is 3. The van der Waals surface area contributed by atoms with Gasteiger partial charge < -0.3 is 15.5 Å². The maximum atomic E-state index is 5.75. The van der Waals surface area contributed by atoms with Gasteiger partial charge in [-0.25, -0.2) is 0 Å². The van der Waals surface area contributed by atoms with Gasteiger partial charge in [0, 0.05) is 12.6 Å². The van der Waals surface area contributed by atoms with Gasteiger partial charge in [-0.05, 0) is 47.1 Å². The topological polar surface area (TPSA) is 32.5 Å². The molecule has 0 fully saturated rings. The van der Waals surface area contributed by atoms with Crippen LogP contribution in [0.5, 0.6) is 0 Å². The van der Waals surface area contributed by atoms with E-state index in [0.29, 0.717) is 6.04 Å². The Morgan fingerprint density at radius 2 is 1.85 bits per heavy atom. The van der Waals surface area contributed by atoms with Gasteiger partial charge in [0.2, 0.25) is 0 Å². The fraction of sp³-hybridized carbons (Fsp3) is 1.00. The van der Waals surface area contributed by atoms with Crippen molar-refractivity contribution in [2.24, 2.45) is 5.73 Å². The third-order valence-electron chi connectivity index (χ3n) is 2.07. The number of hydrogen-bond donors (Lipinski definition) is 1. The van der Waals surface area contributed by atoms with E-state index in [2.05, 4.69) is 37.7 Å². The summed E-state index contributed by atoms with van der Waals surface area (Å²) >= 11 is 0. The Balaban J connectivity index is 3.48. The van der Waals surface area contributed by atoms with E-state index in [1.54, 1.807) is 0 Å². The van der Waals surface area contributed by atoms with E-state index in [-0.39, 0.29) is 0 Å². The SMILES string of the molecule is CCN(CCCN(C)C)C[C@H](C)N. The predicted molar refractivity (Wildman–Crippen MR) is 58.9 cm³/mol. The van der Waals surface area contributed by atoms with E-state index < -0.39 is 0 Å². The zero-order chi connectivity index (χ0) is 10.3. The average molecular weight is 187 g/mol. The second kappa shape index (κ2) is 7.30. The summed E-state index contributed by atoms with van der Waals surface area (Å²) in [6.07, 6.45) is 1.23. The highest BCUT2D eigenvalue weighted by atomic mass is 15.1. The minimum absolute atomic E-state index is 0.291. The average Bonchev–Trinajstić information content (AvgIpc) is 2.01. The second-order valence-corrected chi connectivity index (χ2v) is 4.03. The van der Waals surface area contributed by atoms with Crippen LogP contribution in [0.25, 0.3) is 0 Å². The fourth-order valence-electron chi connectivity index (χ4n) is 1.40. The molecule has 0 heterocycles. The van der Waals surface area contributed by atoms with Crippen LogP contribution in [0.4, 0.5) is 0 Å². The van der Waals surface area contributed by atoms with Gasteiger partial charge in [-0.15, -0.1) is 0 Å². The second-order valence-electron chi connectivity index (χ2n) is 4.03. The van der Waals surface area contributed by atoms with E-state index in [0.717, 1.165) is 26.2 Å². The molecule has 0 rings (SSSR count). The van der Waals surface area contributed by atoms with Crippen LogP contribution in [0.1, 0.15) is 20.3 Å². The molecule has 0 saturated carbocycles. The predicted octanol–water partition coefficient (Wildman–Crippen LogP) is 0.607. The lowest BCUT2D eigenvalue weighted by Crippen LogP contribution is -2.36. The molecule has 0 aliphatic carbocycles. The monoisotopic (exact) mass is 187 g/mol. The van der Waals surface area contributed by atoms with Gasteiger partial charge in [-0.3, -0.25) is 0 Å². The lowest BCUT2D eigenvalue weighted by Gasteiger charge is -2.23. The van der Waals surface area contributed by atoms with E-state index in [1.807, 2.05) is 0 Å². The Labute approximate surface area is 82.9 Å². The van der Waals surface area contributed by atoms with Crippen molar-refractivity contribution < 1.29 is 0 Å². The molecule has 0 aromatic rings. The summed E-state index contributed by atoms with van der Waals surface area (Å²) in [4.78, 5) is 4.63. The van der Waals surface area contributed by atoms with E-state index in [9.17, 15) is 0 Å². The zero-order valence-corrected chi connectivity index (χ0v) is 9.58. The van der Waals surface area contributed by atoms with Gasteiger partial charge >= 0.3 is 0 Å². The molecule has 3 heteroatoms. The van der Waals surface area contributed by atoms with E-state index in [4.69, 9.17) is 5.73 Å². The van der Waals surface area contributed by atoms with Crippen molar-refractivity contribution in [1.29, 1.82) is 0 Å². The Morgan fingerprint density at radius 1 is 1.23 bits per heavy atom. The van der Waals surface area contributed by atoms with Gasteiger partial charge in [-0.2, -0.15) is 0 Å². The zero-order valence-electron chi connectivity index (χ0n) is 9.58. The maximum Gasteiger partial charge on any atom is 0.0139 e. The maximum absolute atomic E-state index is 5.75. The molecule has 3 nitrogen and oxygen atoms in total. The van der Waals surface area contributed by atoms with Crippen molar-refractivity contribution in [2.75, 3.05) is 40.3 Å². The third kappa shape index (κ3) is 8.22. The molecule has 0 unspecified atom stereocenters. The molecular weight excluding hydrogens is 162 g/mol. The molecule has 2 N–H and O–H groups in total. The Kier molecular flexibility index (Phi) is 7.23. The van der Waals surface area contributed by atoms with Gasteiger partial charge in [0.05, 0.1) is 0 Å². The van der Waals surface area contributed by atoms with Crippen LogP contribution in [0.3, 0.4) is 0 Å². The summed E-state index contributed by atoms with van der Waals surface area (Å²) in [5.41, 5.74) is 5.75. The quantitative estimate of drug-likeness (QED) is 0.634. The van der Waals surface area contributed by atoms with Crippen molar-refractivity contribution in [3.05, 3.63) is 0 Å². The number of rotatable bonds is 7. The highest BCUT2D eigenvalue weighted by molar-refractivity contribution is 4.63. The van der Waals surface area contributed by atoms with Crippen molar-refractivity contribution >= 4 is 0 Å². The molecule has 0 aromatic carbocycles. The van der Waals surface area contributed by atoms with Crippen LogP contribution in [0, 0.1) is 0 Å². The first-order valence-electron chi connectivity index (χ1n) is 5.19. The van der Waals surface area contributed by atoms with Crippen LogP contribution < -0.4 is 5.73 Å². The first-order valence-corrected chi connectivity index (χ1v) is 5.19. The first kappa shape index (κ1) is 12.9. The smallest absolute Gasteiger partial charge is 0.0139 e. The number of nitrogens with two attached hydrogens (primary N) is 1. The molecule has 0 aromatic heterocycles. The van der Waals surface area contributed by atoms with E-state index in [1.165, 1.54) is 6.42 Å². The fourth-order valence-corrected chi connectivity index (χ4v) is 1.40. The van der Waals surface area contributed by atoms with Crippen LogP contribution in [0.2, 0.25) is 0 Å². The lowest BCUT2D eigenvalue weighted by molar-refractivity contribution is 0.256. The number of nitrogens with zero attached hydrogens (tertiary/aromatic N) is 2. The van der Waals surface area contributed by atoms with E-state index >= 15 is 0 Å². The van der Waals surface area contributed by atoms with Crippen LogP contribution >= 0.6 is 0 Å². The van der Waals surface area contributed by atoms with Gasteiger partial charge in [0.15, 0.2) is 0 Å². The Morgan fingerprint density at radius 3 is 2.23 bits per heavy atom. The van der Waals surface area contributed by atoms with Gasteiger partial charge in [0.1, 0.15) is 0 Å². The van der Waals surface area contributed by atoms with Gasteiger partial charge in [-0.1, -0.05) is 6.92 Å². The highest BCUT2D eigenvalue weighted by Gasteiger charge is 2.04. The Bertz CT molecular complexity index is 113. The van der Waals surface area contributed by atoms with Crippen molar-refractivity contribution in [2.45, 2.75) is 26.3 Å². The number of likely N-dealkylation sites (N-methyl/N-ethyl adjacent to an activating group) is 1. The summed E-state index contributed by atoms with van der Waals surface area (Å²) in [5, 5.41) is 0. The molecule has 0 aliphatic rings. The molecule has 13 heavy (non-hydrogen) atoms. The summed E-state index contributed by atoms with van der Waals surface area (Å²) < 4.78 is 0. The molecule has 0 bridgehead atoms. The highest BCUT2D eigenvalue weighted by Crippen LogP contribution is 1.93. The minimum atomic E-state index is 0.291. The summed E-state index contributed by atoms with van der Waals surface area (Å²) in [7, 11) is 4.23. The summed E-state index contributed by atoms with van der Waals surface area (Å²) in [5.74, 6) is 0. The molecule has 0 spiro atoms. The largest absolute Gasteiger partial charge is 0.327 e. The minimum Gasteiger partial charge on any atom is -0.327 e. The first-order chi connectivity index (χ1) is 6.06. The molecule has 1 atom stereocenters. The normalized spacial score (nSPS) is 14.1. The Hall–Kier alpha value is -0.120. The van der Waals surface area contributed by atoms with Crippen LogP contribution in [0.15, 0.2) is 0 Å². The summed E-state index contributed by atoms with van der Waals surface area (Å²) in [6.45, 7) is 8.71. The molecule has 0 saturated heterocycles. The van der Waals surface area contributed by atoms with Crippen LogP contribution in [-0.4, -0.2) is 56.1 Å². The van der Waals surface area contributed by atoms with Crippen molar-refractivity contribution in [3.8, 4) is 0 Å². The summed E-state index contributed by atoms with van der Waals surface area (Å²) in [6, 6.07) is 0.291. The van der Waals surface area contributed by atoms with Crippen molar-refractivity contribution in [3.63, 3.8) is 0 Å². The van der Waals surface area contributed by atoms with Crippen LogP contribution in [-0.2, 0) is 0 Å². The van der Waals surface area contributed by atoms with Gasteiger partial charge in [0.25, 0.3) is 0 Å². The molecule has 80 valence electrons. The van der Waals surface area contributed by atoms with Crippen molar-refractivity contribution in [1.82, 2.24) is 9.80 Å². The molecule has 0 amide bonds. The molecule has 0 aliphatic heterocycles. The third-order valence-corrected chi connectivity index (χ3v) is 2.07. The lowest BCUT2D eigenvalue weighted by atomic mass is 10.3. The standard InChI is InChI=1S/C10H25N3/c1-5-13(9-10(2)11)8-6-7-12(3)4/h10H,5-9,11H2,1-4H3/t10-/m0/s1. The molecular formula is C10H25N3.